The van der Waals surface area contributed by atoms with Crippen molar-refractivity contribution >= 4 is 40.1 Å². The first-order valence-corrected chi connectivity index (χ1v) is 5.68. The minimum atomic E-state index is 0.515. The monoisotopic (exact) mass is 274 g/mol. The first kappa shape index (κ1) is 11.6. The molecule has 0 aliphatic rings. The number of benzene rings is 1. The Bertz CT molecular complexity index is 344. The van der Waals surface area contributed by atoms with E-state index >= 15 is 0 Å². The normalized spacial score (nSPS) is 9.93. The molecule has 0 unspecified atom stereocenters. The molecule has 14 heavy (non-hydrogen) atoms. The molecule has 0 aliphatic heterocycles. The largest absolute Gasteiger partial charge is 0.495 e. The van der Waals surface area contributed by atoms with Crippen LogP contribution in [0.25, 0.3) is 0 Å². The lowest BCUT2D eigenvalue weighted by Gasteiger charge is -2.08. The Morgan fingerprint density at radius 2 is 2.36 bits per heavy atom. The number of aliphatic imine (C=N–C) groups is 1. The second-order valence-corrected chi connectivity index (χ2v) is 4.34. The van der Waals surface area contributed by atoms with E-state index in [4.69, 9.17) is 10.5 Å². The fourth-order valence-corrected chi connectivity index (χ4v) is 2.32. The maximum Gasteiger partial charge on any atom is 0.135 e. The molecule has 2 N–H and O–H groups in total. The van der Waals surface area contributed by atoms with Gasteiger partial charge in [-0.15, -0.1) is 11.8 Å². The quantitative estimate of drug-likeness (QED) is 0.522. The van der Waals surface area contributed by atoms with Gasteiger partial charge in [-0.2, -0.15) is 0 Å². The van der Waals surface area contributed by atoms with Crippen molar-refractivity contribution in [1.29, 1.82) is 0 Å². The Labute approximate surface area is 95.9 Å². The predicted molar refractivity (Wildman–Crippen MR) is 64.8 cm³/mol. The summed E-state index contributed by atoms with van der Waals surface area (Å²) >= 11 is 4.92. The van der Waals surface area contributed by atoms with Crippen LogP contribution in [0.3, 0.4) is 0 Å². The topological polar surface area (TPSA) is 47.6 Å². The molecule has 3 nitrogen and oxygen atoms in total. The Kier molecular flexibility index (Phi) is 4.44. The first-order valence-electron chi connectivity index (χ1n) is 3.90. The third kappa shape index (κ3) is 2.50. The average molecular weight is 275 g/mol. The van der Waals surface area contributed by atoms with Crippen molar-refractivity contribution in [3.05, 3.63) is 16.6 Å². The average Bonchev–Trinajstić information content (AvgIpc) is 2.19. The highest BCUT2D eigenvalue weighted by atomic mass is 79.9. The molecule has 0 atom stereocenters. The van der Waals surface area contributed by atoms with Gasteiger partial charge in [0.2, 0.25) is 0 Å². The Morgan fingerprint density at radius 3 is 2.86 bits per heavy atom. The molecule has 0 saturated carbocycles. The molecular formula is C9H11BrN2OS. The van der Waals surface area contributed by atoms with E-state index < -0.39 is 0 Å². The lowest BCUT2D eigenvalue weighted by Crippen LogP contribution is -1.92. The van der Waals surface area contributed by atoms with Crippen LogP contribution in [0.1, 0.15) is 0 Å². The van der Waals surface area contributed by atoms with E-state index in [-0.39, 0.29) is 0 Å². The molecule has 76 valence electrons. The highest BCUT2D eigenvalue weighted by molar-refractivity contribution is 9.10. The van der Waals surface area contributed by atoms with Gasteiger partial charge < -0.3 is 10.5 Å². The summed E-state index contributed by atoms with van der Waals surface area (Å²) in [4.78, 5) is 4.91. The van der Waals surface area contributed by atoms with Gasteiger partial charge in [0.1, 0.15) is 5.75 Å². The highest BCUT2D eigenvalue weighted by Gasteiger charge is 2.07. The smallest absolute Gasteiger partial charge is 0.135 e. The third-order valence-electron chi connectivity index (χ3n) is 1.64. The van der Waals surface area contributed by atoms with E-state index in [1.165, 1.54) is 11.8 Å². The van der Waals surface area contributed by atoms with Gasteiger partial charge in [-0.1, -0.05) is 0 Å². The second-order valence-electron chi connectivity index (χ2n) is 2.42. The van der Waals surface area contributed by atoms with Crippen molar-refractivity contribution in [2.24, 2.45) is 10.7 Å². The zero-order chi connectivity index (χ0) is 10.6. The molecule has 0 spiro atoms. The number of thioether (sulfide) groups is 1. The van der Waals surface area contributed by atoms with Crippen LogP contribution in [0, 0.1) is 0 Å². The number of ether oxygens (including phenoxy) is 1. The Hall–Kier alpha value is -0.520. The molecular weight excluding hydrogens is 264 g/mol. The molecule has 0 aliphatic carbocycles. The molecule has 0 bridgehead atoms. The molecule has 0 fully saturated rings. The molecule has 0 radical (unpaired) electrons. The predicted octanol–water partition coefficient (Wildman–Crippen LogP) is 2.80. The zero-order valence-corrected chi connectivity index (χ0v) is 10.2. The Balaban J connectivity index is 3.16. The van der Waals surface area contributed by atoms with Crippen molar-refractivity contribution in [3.63, 3.8) is 0 Å². The molecule has 1 aromatic rings. The summed E-state index contributed by atoms with van der Waals surface area (Å²) < 4.78 is 6.04. The summed E-state index contributed by atoms with van der Waals surface area (Å²) in [5.74, 6) is 1.26. The van der Waals surface area contributed by atoms with E-state index in [0.717, 1.165) is 20.8 Å². The number of hydrogen-bond acceptors (Lipinski definition) is 4. The van der Waals surface area contributed by atoms with E-state index in [2.05, 4.69) is 27.6 Å². The van der Waals surface area contributed by atoms with Crippen LogP contribution >= 0.6 is 27.7 Å². The SMILES string of the molecule is C=Nc1cc(OC)c(Br)cc1SCN. The molecule has 1 aromatic carbocycles. The lowest BCUT2D eigenvalue weighted by molar-refractivity contribution is 0.412. The van der Waals surface area contributed by atoms with Gasteiger partial charge in [0.05, 0.1) is 17.3 Å². The number of methoxy groups -OCH3 is 1. The maximum atomic E-state index is 5.46. The molecule has 0 heterocycles. The van der Waals surface area contributed by atoms with E-state index in [1.54, 1.807) is 7.11 Å². The number of rotatable bonds is 4. The highest BCUT2D eigenvalue weighted by Crippen LogP contribution is 2.37. The zero-order valence-electron chi connectivity index (χ0n) is 7.79. The molecule has 1 rings (SSSR count). The van der Waals surface area contributed by atoms with Crippen LogP contribution in [-0.2, 0) is 0 Å². The van der Waals surface area contributed by atoms with Gasteiger partial charge in [-0.3, -0.25) is 4.99 Å². The van der Waals surface area contributed by atoms with Gasteiger partial charge in [-0.05, 0) is 28.7 Å². The maximum absolute atomic E-state index is 5.46. The summed E-state index contributed by atoms with van der Waals surface area (Å²) in [7, 11) is 1.61. The van der Waals surface area contributed by atoms with Crippen LogP contribution < -0.4 is 10.5 Å². The van der Waals surface area contributed by atoms with Crippen molar-refractivity contribution in [2.75, 3.05) is 13.0 Å². The summed E-state index contributed by atoms with van der Waals surface area (Å²) in [6.45, 7) is 3.50. The van der Waals surface area contributed by atoms with E-state index in [1.807, 2.05) is 12.1 Å². The minimum absolute atomic E-state index is 0.515. The van der Waals surface area contributed by atoms with Crippen molar-refractivity contribution in [1.82, 2.24) is 0 Å². The van der Waals surface area contributed by atoms with Crippen LogP contribution in [-0.4, -0.2) is 19.7 Å². The summed E-state index contributed by atoms with van der Waals surface area (Å²) in [6.07, 6.45) is 0. The number of nitrogens with zero attached hydrogens (tertiary/aromatic N) is 1. The van der Waals surface area contributed by atoms with Gasteiger partial charge >= 0.3 is 0 Å². The fraction of sp³-hybridized carbons (Fsp3) is 0.222. The Morgan fingerprint density at radius 1 is 1.64 bits per heavy atom. The summed E-state index contributed by atoms with van der Waals surface area (Å²) in [6, 6.07) is 3.76. The number of halogens is 1. The van der Waals surface area contributed by atoms with Gasteiger partial charge in [0.25, 0.3) is 0 Å². The number of nitrogens with two attached hydrogens (primary N) is 1. The van der Waals surface area contributed by atoms with Crippen LogP contribution in [0.2, 0.25) is 0 Å². The van der Waals surface area contributed by atoms with E-state index in [9.17, 15) is 0 Å². The second kappa shape index (κ2) is 5.38. The van der Waals surface area contributed by atoms with Crippen LogP contribution in [0.4, 0.5) is 5.69 Å². The molecule has 5 heteroatoms. The van der Waals surface area contributed by atoms with E-state index in [0.29, 0.717) is 5.88 Å². The third-order valence-corrected chi connectivity index (χ3v) is 3.07. The summed E-state index contributed by atoms with van der Waals surface area (Å²) in [5, 5.41) is 0. The van der Waals surface area contributed by atoms with Crippen LogP contribution in [0.5, 0.6) is 5.75 Å². The molecule has 0 saturated heterocycles. The standard InChI is InChI=1S/C9H11BrN2OS/c1-12-7-4-8(13-2)6(10)3-9(7)14-5-11/h3-4H,1,5,11H2,2H3. The van der Waals surface area contributed by atoms with Crippen molar-refractivity contribution in [2.45, 2.75) is 4.90 Å². The van der Waals surface area contributed by atoms with Gasteiger partial charge in [0, 0.05) is 16.8 Å². The summed E-state index contributed by atoms with van der Waals surface area (Å²) in [5.41, 5.74) is 6.25. The minimum Gasteiger partial charge on any atom is -0.495 e. The number of hydrogen-bond donors (Lipinski definition) is 1. The van der Waals surface area contributed by atoms with Gasteiger partial charge in [0.15, 0.2) is 0 Å². The molecule has 0 aromatic heterocycles. The van der Waals surface area contributed by atoms with Crippen LogP contribution in [0.15, 0.2) is 26.5 Å². The molecule has 0 amide bonds. The lowest BCUT2D eigenvalue weighted by atomic mass is 10.3. The van der Waals surface area contributed by atoms with Crippen molar-refractivity contribution < 1.29 is 4.74 Å². The van der Waals surface area contributed by atoms with Crippen molar-refractivity contribution in [3.8, 4) is 5.75 Å². The van der Waals surface area contributed by atoms with Gasteiger partial charge in [-0.25, -0.2) is 0 Å². The first-order chi connectivity index (χ1) is 6.72. The fourth-order valence-electron chi connectivity index (χ4n) is 1.01.